The highest BCUT2D eigenvalue weighted by molar-refractivity contribution is 7.52. The number of aliphatic hydroxyl groups is 1. The highest BCUT2D eigenvalue weighted by atomic mass is 31.2. The van der Waals surface area contributed by atoms with Crippen LogP contribution in [0.1, 0.15) is 40.8 Å². The Morgan fingerprint density at radius 3 is 2.60 bits per heavy atom. The SMILES string of the molecule is CNc1nc(N)nc2c1ncn2[C@@H]1O[C@H](CO[P@@](=O)(N[C@@H](C)C(=O)OC(C)C)Oc2ccccc2)[C@@H](O)C1(C)C. The summed E-state index contributed by atoms with van der Waals surface area (Å²) < 4.78 is 38.4. The number of hydrogen-bond donors (Lipinski definition) is 4. The fourth-order valence-electron chi connectivity index (χ4n) is 4.38. The van der Waals surface area contributed by atoms with Crippen molar-refractivity contribution in [3.63, 3.8) is 0 Å². The number of imidazole rings is 1. The standard InChI is InChI=1S/C25H36N7O7P/c1-14(2)37-22(34)15(3)31-40(35,39-16-10-8-7-9-11-16)36-12-17-19(33)25(4,5)23(38-17)32-13-28-18-20(27-6)29-24(26)30-21(18)32/h7-11,13-15,17,19,23,33H,12H2,1-6H3,(H,31,35)(H3,26,27,29,30)/t15-,17+,19+,23+,40-/m0/s1. The molecular formula is C25H36N7O7P. The molecule has 218 valence electrons. The minimum absolute atomic E-state index is 0.0463. The molecule has 1 aromatic carbocycles. The van der Waals surface area contributed by atoms with E-state index in [0.717, 1.165) is 0 Å². The lowest BCUT2D eigenvalue weighted by Gasteiger charge is -2.29. The number of fused-ring (bicyclic) bond motifs is 1. The molecule has 0 amide bonds. The van der Waals surface area contributed by atoms with Crippen molar-refractivity contribution in [2.75, 3.05) is 24.7 Å². The van der Waals surface area contributed by atoms with Gasteiger partial charge in [0.2, 0.25) is 5.95 Å². The summed E-state index contributed by atoms with van der Waals surface area (Å²) in [7, 11) is -2.46. The van der Waals surface area contributed by atoms with Gasteiger partial charge in [0.05, 0.1) is 25.1 Å². The quantitative estimate of drug-likeness (QED) is 0.193. The highest BCUT2D eigenvalue weighted by Crippen LogP contribution is 2.49. The zero-order valence-corrected chi connectivity index (χ0v) is 24.2. The van der Waals surface area contributed by atoms with Gasteiger partial charge in [0.25, 0.3) is 0 Å². The molecule has 15 heteroatoms. The number of carbonyl (C=O) groups excluding carboxylic acids is 1. The number of nitrogens with one attached hydrogen (secondary N) is 2. The molecule has 3 heterocycles. The summed E-state index contributed by atoms with van der Waals surface area (Å²) in [6, 6.07) is 7.38. The molecule has 0 bridgehead atoms. The van der Waals surface area contributed by atoms with Crippen molar-refractivity contribution in [2.45, 2.75) is 65.2 Å². The Kier molecular flexibility index (Phi) is 8.66. The molecule has 5 N–H and O–H groups in total. The Balaban J connectivity index is 1.56. The van der Waals surface area contributed by atoms with Crippen molar-refractivity contribution in [1.29, 1.82) is 0 Å². The zero-order valence-electron chi connectivity index (χ0n) is 23.3. The Morgan fingerprint density at radius 1 is 1.25 bits per heavy atom. The number of rotatable bonds is 11. The number of ether oxygens (including phenoxy) is 2. The van der Waals surface area contributed by atoms with Gasteiger partial charge in [-0.3, -0.25) is 13.9 Å². The molecule has 0 aliphatic carbocycles. The number of nitrogens with zero attached hydrogens (tertiary/aromatic N) is 4. The Labute approximate surface area is 232 Å². The van der Waals surface area contributed by atoms with Crippen molar-refractivity contribution >= 4 is 36.6 Å². The first-order valence-electron chi connectivity index (χ1n) is 12.8. The van der Waals surface area contributed by atoms with E-state index < -0.39 is 43.6 Å². The number of aromatic nitrogens is 4. The van der Waals surface area contributed by atoms with Gasteiger partial charge >= 0.3 is 13.7 Å². The maximum absolute atomic E-state index is 13.8. The first-order chi connectivity index (χ1) is 18.8. The van der Waals surface area contributed by atoms with E-state index in [1.807, 2.05) is 13.8 Å². The summed E-state index contributed by atoms with van der Waals surface area (Å²) >= 11 is 0. The molecule has 0 saturated carbocycles. The van der Waals surface area contributed by atoms with Crippen LogP contribution in [-0.4, -0.2) is 68.6 Å². The van der Waals surface area contributed by atoms with Crippen LogP contribution in [0.5, 0.6) is 5.75 Å². The number of para-hydroxylation sites is 1. The third-order valence-corrected chi connectivity index (χ3v) is 8.06. The fourth-order valence-corrected chi connectivity index (χ4v) is 5.88. The molecule has 1 saturated heterocycles. The first-order valence-corrected chi connectivity index (χ1v) is 14.4. The van der Waals surface area contributed by atoms with Gasteiger partial charge < -0.3 is 30.2 Å². The van der Waals surface area contributed by atoms with Gasteiger partial charge in [-0.15, -0.1) is 0 Å². The van der Waals surface area contributed by atoms with Crippen LogP contribution >= 0.6 is 7.75 Å². The molecule has 2 aromatic heterocycles. The van der Waals surface area contributed by atoms with E-state index in [9.17, 15) is 14.5 Å². The minimum atomic E-state index is -4.16. The van der Waals surface area contributed by atoms with E-state index in [2.05, 4.69) is 25.4 Å². The lowest BCUT2D eigenvalue weighted by atomic mass is 9.84. The normalized spacial score (nSPS) is 22.6. The van der Waals surface area contributed by atoms with Crippen molar-refractivity contribution in [3.05, 3.63) is 36.7 Å². The number of carbonyl (C=O) groups is 1. The summed E-state index contributed by atoms with van der Waals surface area (Å²) in [5.74, 6) is 0.136. The molecule has 0 spiro atoms. The van der Waals surface area contributed by atoms with Gasteiger partial charge in [-0.2, -0.15) is 15.1 Å². The largest absolute Gasteiger partial charge is 0.462 e. The maximum atomic E-state index is 13.8. The van der Waals surface area contributed by atoms with Crippen LogP contribution in [0.15, 0.2) is 36.7 Å². The van der Waals surface area contributed by atoms with Crippen LogP contribution in [0.2, 0.25) is 0 Å². The number of nitrogen functional groups attached to an aromatic ring is 1. The topological polar surface area (TPSA) is 185 Å². The van der Waals surface area contributed by atoms with Gasteiger partial charge in [0.15, 0.2) is 17.0 Å². The van der Waals surface area contributed by atoms with Crippen LogP contribution in [0, 0.1) is 5.41 Å². The molecule has 40 heavy (non-hydrogen) atoms. The molecule has 3 aromatic rings. The first kappa shape index (κ1) is 29.7. The lowest BCUT2D eigenvalue weighted by Crippen LogP contribution is -2.38. The van der Waals surface area contributed by atoms with Crippen LogP contribution < -0.4 is 20.7 Å². The average Bonchev–Trinajstić information content (AvgIpc) is 3.40. The van der Waals surface area contributed by atoms with E-state index in [4.69, 9.17) is 24.3 Å². The summed E-state index contributed by atoms with van der Waals surface area (Å²) in [4.78, 5) is 25.3. The molecule has 1 fully saturated rings. The molecular weight excluding hydrogens is 541 g/mol. The number of esters is 1. The predicted octanol–water partition coefficient (Wildman–Crippen LogP) is 2.87. The Bertz CT molecular complexity index is 1380. The predicted molar refractivity (Wildman–Crippen MR) is 147 cm³/mol. The summed E-state index contributed by atoms with van der Waals surface area (Å²) in [5, 5.41) is 16.8. The highest BCUT2D eigenvalue weighted by Gasteiger charge is 2.52. The van der Waals surface area contributed by atoms with E-state index in [0.29, 0.717) is 17.0 Å². The molecule has 0 radical (unpaired) electrons. The summed E-state index contributed by atoms with van der Waals surface area (Å²) in [6.45, 7) is 8.23. The van der Waals surface area contributed by atoms with Crippen LogP contribution in [-0.2, 0) is 23.4 Å². The number of aliphatic hydroxyl groups excluding tert-OH is 1. The smallest absolute Gasteiger partial charge is 0.459 e. The van der Waals surface area contributed by atoms with Gasteiger partial charge in [-0.25, -0.2) is 9.55 Å². The van der Waals surface area contributed by atoms with E-state index in [1.54, 1.807) is 55.8 Å². The van der Waals surface area contributed by atoms with Crippen LogP contribution in [0.4, 0.5) is 11.8 Å². The second-order valence-corrected chi connectivity index (χ2v) is 12.0. The second-order valence-electron chi connectivity index (χ2n) is 10.3. The van der Waals surface area contributed by atoms with Crippen LogP contribution in [0.3, 0.4) is 0 Å². The Morgan fingerprint density at radius 2 is 1.95 bits per heavy atom. The van der Waals surface area contributed by atoms with Gasteiger partial charge in [0, 0.05) is 12.5 Å². The minimum Gasteiger partial charge on any atom is -0.462 e. The van der Waals surface area contributed by atoms with Crippen molar-refractivity contribution in [3.8, 4) is 5.75 Å². The third kappa shape index (κ3) is 6.21. The molecule has 0 unspecified atom stereocenters. The molecule has 1 aliphatic heterocycles. The lowest BCUT2D eigenvalue weighted by molar-refractivity contribution is -0.149. The number of anilines is 2. The average molecular weight is 578 g/mol. The second kappa shape index (κ2) is 11.7. The van der Waals surface area contributed by atoms with Crippen molar-refractivity contribution in [1.82, 2.24) is 24.6 Å². The van der Waals surface area contributed by atoms with E-state index >= 15 is 0 Å². The molecule has 14 nitrogen and oxygen atoms in total. The molecule has 1 aliphatic rings. The fraction of sp³-hybridized carbons (Fsp3) is 0.520. The molecule has 5 atom stereocenters. The zero-order chi connectivity index (χ0) is 29.2. The van der Waals surface area contributed by atoms with E-state index in [-0.39, 0.29) is 24.4 Å². The van der Waals surface area contributed by atoms with Gasteiger partial charge in [-0.1, -0.05) is 32.0 Å². The van der Waals surface area contributed by atoms with Gasteiger partial charge in [0.1, 0.15) is 24.1 Å². The summed E-state index contributed by atoms with van der Waals surface area (Å²) in [6.07, 6.45) is -1.53. The maximum Gasteiger partial charge on any atom is 0.459 e. The van der Waals surface area contributed by atoms with Crippen molar-refractivity contribution in [2.24, 2.45) is 5.41 Å². The number of nitrogens with two attached hydrogens (primary N) is 1. The van der Waals surface area contributed by atoms with Crippen molar-refractivity contribution < 1.29 is 33.0 Å². The van der Waals surface area contributed by atoms with E-state index in [1.165, 1.54) is 13.3 Å². The number of hydrogen-bond acceptors (Lipinski definition) is 12. The van der Waals surface area contributed by atoms with Crippen LogP contribution in [0.25, 0.3) is 11.2 Å². The molecule has 4 rings (SSSR count). The monoisotopic (exact) mass is 577 g/mol. The summed E-state index contributed by atoms with van der Waals surface area (Å²) in [5.41, 5.74) is 5.94. The number of benzene rings is 1. The Hall–Kier alpha value is -3.29. The third-order valence-electron chi connectivity index (χ3n) is 6.42. The van der Waals surface area contributed by atoms with Gasteiger partial charge in [-0.05, 0) is 32.9 Å².